The number of amides is 1. The van der Waals surface area contributed by atoms with Crippen molar-refractivity contribution in [2.75, 3.05) is 0 Å². The molecule has 0 aliphatic heterocycles. The van der Waals surface area contributed by atoms with Crippen LogP contribution in [0, 0.1) is 0 Å². The summed E-state index contributed by atoms with van der Waals surface area (Å²) in [4.78, 5) is 17.6. The molecule has 2 aromatic heterocycles. The van der Waals surface area contributed by atoms with Crippen LogP contribution in [-0.2, 0) is 6.54 Å². The highest BCUT2D eigenvalue weighted by Crippen LogP contribution is 2.25. The van der Waals surface area contributed by atoms with Crippen molar-refractivity contribution in [1.29, 1.82) is 0 Å². The number of carbonyl (C=O) groups is 1. The molecule has 3 rings (SSSR count). The Labute approximate surface area is 167 Å². The first kappa shape index (κ1) is 20.7. The standard InChI is InChI=1S/C21H24F2N4O2/c1-12(2)17-9-15(16-11-25-27(13(3)4)19(16)26-17)20(28)24-10-14-7-5-6-8-18(14)29-21(22)23/h5-9,11-13,21H,10H2,1-4H3,(H,24,28). The molecule has 2 heterocycles. The Morgan fingerprint density at radius 1 is 1.21 bits per heavy atom. The molecule has 0 fully saturated rings. The molecule has 0 aliphatic rings. The van der Waals surface area contributed by atoms with Crippen LogP contribution in [-0.4, -0.2) is 27.3 Å². The van der Waals surface area contributed by atoms with Gasteiger partial charge in [-0.1, -0.05) is 32.0 Å². The van der Waals surface area contributed by atoms with Crippen molar-refractivity contribution in [2.24, 2.45) is 0 Å². The Hall–Kier alpha value is -3.03. The fourth-order valence-electron chi connectivity index (χ4n) is 3.03. The van der Waals surface area contributed by atoms with Crippen LogP contribution in [0.3, 0.4) is 0 Å². The van der Waals surface area contributed by atoms with Gasteiger partial charge < -0.3 is 10.1 Å². The lowest BCUT2D eigenvalue weighted by atomic mass is 10.0. The second kappa shape index (κ2) is 8.55. The highest BCUT2D eigenvalue weighted by atomic mass is 19.3. The first-order chi connectivity index (χ1) is 13.8. The molecule has 3 aromatic rings. The molecule has 0 bridgehead atoms. The van der Waals surface area contributed by atoms with Gasteiger partial charge in [0.15, 0.2) is 5.65 Å². The van der Waals surface area contributed by atoms with Crippen LogP contribution in [0.1, 0.15) is 61.3 Å². The van der Waals surface area contributed by atoms with E-state index >= 15 is 0 Å². The van der Waals surface area contributed by atoms with Gasteiger partial charge in [-0.3, -0.25) is 4.79 Å². The van der Waals surface area contributed by atoms with E-state index in [0.29, 0.717) is 22.2 Å². The SMILES string of the molecule is CC(C)c1cc(C(=O)NCc2ccccc2OC(F)F)c2cnn(C(C)C)c2n1. The predicted octanol–water partition coefficient (Wildman–Crippen LogP) is 4.67. The van der Waals surface area contributed by atoms with E-state index in [2.05, 4.69) is 20.1 Å². The minimum atomic E-state index is -2.93. The van der Waals surface area contributed by atoms with Gasteiger partial charge in [-0.25, -0.2) is 9.67 Å². The molecule has 0 aliphatic carbocycles. The van der Waals surface area contributed by atoms with E-state index < -0.39 is 6.61 Å². The average Bonchev–Trinajstić information content (AvgIpc) is 3.10. The third-order valence-electron chi connectivity index (χ3n) is 4.54. The smallest absolute Gasteiger partial charge is 0.387 e. The fourth-order valence-corrected chi connectivity index (χ4v) is 3.03. The Morgan fingerprint density at radius 2 is 1.93 bits per heavy atom. The molecule has 0 unspecified atom stereocenters. The molecule has 1 amide bonds. The van der Waals surface area contributed by atoms with Crippen LogP contribution in [0.5, 0.6) is 5.75 Å². The number of pyridine rings is 1. The number of ether oxygens (including phenoxy) is 1. The maximum atomic E-state index is 13.0. The van der Waals surface area contributed by atoms with Gasteiger partial charge in [0.05, 0.1) is 17.1 Å². The number of hydrogen-bond donors (Lipinski definition) is 1. The van der Waals surface area contributed by atoms with Crippen molar-refractivity contribution >= 4 is 16.9 Å². The maximum absolute atomic E-state index is 13.0. The quantitative estimate of drug-likeness (QED) is 0.624. The minimum absolute atomic E-state index is 0.0400. The van der Waals surface area contributed by atoms with Gasteiger partial charge in [-0.05, 0) is 31.9 Å². The second-order valence-electron chi connectivity index (χ2n) is 7.34. The Balaban J connectivity index is 1.92. The van der Waals surface area contributed by atoms with Crippen molar-refractivity contribution in [2.45, 2.75) is 52.8 Å². The van der Waals surface area contributed by atoms with E-state index in [1.165, 1.54) is 6.07 Å². The van der Waals surface area contributed by atoms with Crippen LogP contribution >= 0.6 is 0 Å². The zero-order chi connectivity index (χ0) is 21.1. The Bertz CT molecular complexity index is 1020. The average molecular weight is 402 g/mol. The molecule has 0 spiro atoms. The number of para-hydroxylation sites is 1. The Morgan fingerprint density at radius 3 is 2.59 bits per heavy atom. The number of rotatable bonds is 7. The van der Waals surface area contributed by atoms with E-state index in [-0.39, 0.29) is 30.2 Å². The van der Waals surface area contributed by atoms with E-state index in [0.717, 1.165) is 5.69 Å². The number of halogens is 2. The molecule has 0 saturated carbocycles. The van der Waals surface area contributed by atoms with Crippen LogP contribution in [0.15, 0.2) is 36.5 Å². The zero-order valence-corrected chi connectivity index (χ0v) is 16.8. The first-order valence-electron chi connectivity index (χ1n) is 9.47. The van der Waals surface area contributed by atoms with E-state index in [1.807, 2.05) is 27.7 Å². The highest BCUT2D eigenvalue weighted by Gasteiger charge is 2.19. The molecular formula is C21H24F2N4O2. The molecule has 1 N–H and O–H groups in total. The fraction of sp³-hybridized carbons (Fsp3) is 0.381. The van der Waals surface area contributed by atoms with Gasteiger partial charge >= 0.3 is 6.61 Å². The topological polar surface area (TPSA) is 69.0 Å². The Kier molecular flexibility index (Phi) is 6.10. The molecular weight excluding hydrogens is 378 g/mol. The summed E-state index contributed by atoms with van der Waals surface area (Å²) in [6, 6.07) is 8.24. The van der Waals surface area contributed by atoms with Gasteiger partial charge in [-0.15, -0.1) is 0 Å². The minimum Gasteiger partial charge on any atom is -0.434 e. The van der Waals surface area contributed by atoms with Crippen LogP contribution < -0.4 is 10.1 Å². The van der Waals surface area contributed by atoms with E-state index in [4.69, 9.17) is 0 Å². The molecule has 1 aromatic carbocycles. The van der Waals surface area contributed by atoms with Gasteiger partial charge in [0.1, 0.15) is 5.75 Å². The normalized spacial score (nSPS) is 11.6. The lowest BCUT2D eigenvalue weighted by Crippen LogP contribution is -2.24. The molecule has 0 saturated heterocycles. The van der Waals surface area contributed by atoms with Crippen LogP contribution in [0.2, 0.25) is 0 Å². The van der Waals surface area contributed by atoms with Crippen molar-refractivity contribution in [1.82, 2.24) is 20.1 Å². The van der Waals surface area contributed by atoms with Crippen LogP contribution in [0.4, 0.5) is 8.78 Å². The number of fused-ring (bicyclic) bond motifs is 1. The maximum Gasteiger partial charge on any atom is 0.387 e. The molecule has 29 heavy (non-hydrogen) atoms. The number of hydrogen-bond acceptors (Lipinski definition) is 4. The number of alkyl halides is 2. The van der Waals surface area contributed by atoms with E-state index in [1.54, 1.807) is 35.1 Å². The summed E-state index contributed by atoms with van der Waals surface area (Å²) in [5, 5.41) is 7.82. The number of nitrogens with one attached hydrogen (secondary N) is 1. The van der Waals surface area contributed by atoms with Gasteiger partial charge in [0.25, 0.3) is 5.91 Å². The largest absolute Gasteiger partial charge is 0.434 e. The number of carbonyl (C=O) groups excluding carboxylic acids is 1. The molecule has 0 atom stereocenters. The first-order valence-corrected chi connectivity index (χ1v) is 9.47. The summed E-state index contributed by atoms with van der Waals surface area (Å²) in [6.07, 6.45) is 1.63. The van der Waals surface area contributed by atoms with Gasteiger partial charge in [-0.2, -0.15) is 13.9 Å². The molecule has 0 radical (unpaired) electrons. The van der Waals surface area contributed by atoms with Gasteiger partial charge in [0, 0.05) is 23.8 Å². The summed E-state index contributed by atoms with van der Waals surface area (Å²) < 4.78 is 31.5. The summed E-state index contributed by atoms with van der Waals surface area (Å²) >= 11 is 0. The van der Waals surface area contributed by atoms with Gasteiger partial charge in [0.2, 0.25) is 0 Å². The molecule has 154 valence electrons. The number of nitrogens with zero attached hydrogens (tertiary/aromatic N) is 3. The lowest BCUT2D eigenvalue weighted by Gasteiger charge is -2.13. The number of aromatic nitrogens is 3. The highest BCUT2D eigenvalue weighted by molar-refractivity contribution is 6.05. The summed E-state index contributed by atoms with van der Waals surface area (Å²) in [7, 11) is 0. The third kappa shape index (κ3) is 4.52. The monoisotopic (exact) mass is 402 g/mol. The number of benzene rings is 1. The summed E-state index contributed by atoms with van der Waals surface area (Å²) in [5.41, 5.74) is 2.36. The van der Waals surface area contributed by atoms with Crippen molar-refractivity contribution in [3.8, 4) is 5.75 Å². The van der Waals surface area contributed by atoms with E-state index in [9.17, 15) is 13.6 Å². The molecule has 8 heteroatoms. The van der Waals surface area contributed by atoms with Crippen LogP contribution in [0.25, 0.3) is 11.0 Å². The third-order valence-corrected chi connectivity index (χ3v) is 4.54. The zero-order valence-electron chi connectivity index (χ0n) is 16.8. The predicted molar refractivity (Wildman–Crippen MR) is 106 cm³/mol. The lowest BCUT2D eigenvalue weighted by molar-refractivity contribution is -0.0504. The second-order valence-corrected chi connectivity index (χ2v) is 7.34. The van der Waals surface area contributed by atoms with Crippen molar-refractivity contribution in [3.05, 3.63) is 53.3 Å². The summed E-state index contributed by atoms with van der Waals surface area (Å²) in [6.45, 7) is 5.13. The molecule has 6 nitrogen and oxygen atoms in total. The van der Waals surface area contributed by atoms with Crippen molar-refractivity contribution in [3.63, 3.8) is 0 Å². The summed E-state index contributed by atoms with van der Waals surface area (Å²) in [5.74, 6) is -0.158. The van der Waals surface area contributed by atoms with Crippen molar-refractivity contribution < 1.29 is 18.3 Å².